The number of aromatic nitrogens is 2. The molecule has 24 heavy (non-hydrogen) atoms. The molecule has 1 aromatic carbocycles. The molecular weight excluding hydrogens is 376 g/mol. The van der Waals surface area contributed by atoms with Crippen LogP contribution in [0.25, 0.3) is 5.65 Å². The van der Waals surface area contributed by atoms with E-state index < -0.39 is 4.92 Å². The summed E-state index contributed by atoms with van der Waals surface area (Å²) in [6, 6.07) is 7.44. The number of nitro benzene ring substituents is 1. The molecule has 0 unspecified atom stereocenters. The zero-order chi connectivity index (χ0) is 17.3. The number of carbonyl (C=O) groups is 1. The topological polar surface area (TPSA) is 89.5 Å². The van der Waals surface area contributed by atoms with Crippen LogP contribution < -0.4 is 5.32 Å². The minimum Gasteiger partial charge on any atom is -0.346 e. The van der Waals surface area contributed by atoms with Crippen molar-refractivity contribution in [2.24, 2.45) is 0 Å². The number of aryl methyl sites for hydroxylation is 1. The van der Waals surface area contributed by atoms with Crippen LogP contribution in [0.5, 0.6) is 0 Å². The van der Waals surface area contributed by atoms with Gasteiger partial charge in [0.1, 0.15) is 5.65 Å². The highest BCUT2D eigenvalue weighted by Crippen LogP contribution is 2.17. The van der Waals surface area contributed by atoms with Crippen molar-refractivity contribution < 1.29 is 9.72 Å². The SMILES string of the molecule is Cc1cc(Br)cn2cc(CNC(=O)c3ccc([N+](=O)[O-])cc3)nc12. The largest absolute Gasteiger partial charge is 0.346 e. The van der Waals surface area contributed by atoms with Gasteiger partial charge in [-0.15, -0.1) is 0 Å². The number of amides is 1. The Morgan fingerprint density at radius 1 is 1.33 bits per heavy atom. The molecule has 2 aromatic heterocycles. The summed E-state index contributed by atoms with van der Waals surface area (Å²) in [6.45, 7) is 2.24. The molecule has 3 rings (SSSR count). The number of nitrogens with zero attached hydrogens (tertiary/aromatic N) is 3. The number of hydrogen-bond acceptors (Lipinski definition) is 4. The van der Waals surface area contributed by atoms with E-state index in [1.165, 1.54) is 24.3 Å². The predicted molar refractivity (Wildman–Crippen MR) is 91.9 cm³/mol. The molecule has 0 aliphatic carbocycles. The number of carbonyl (C=O) groups excluding carboxylic acids is 1. The molecular formula is C16H13BrN4O3. The van der Waals surface area contributed by atoms with Crippen LogP contribution in [-0.2, 0) is 6.54 Å². The molecule has 0 fully saturated rings. The molecule has 0 atom stereocenters. The molecule has 8 heteroatoms. The van der Waals surface area contributed by atoms with Gasteiger partial charge >= 0.3 is 0 Å². The fraction of sp³-hybridized carbons (Fsp3) is 0.125. The summed E-state index contributed by atoms with van der Waals surface area (Å²) in [5.74, 6) is -0.306. The van der Waals surface area contributed by atoms with Gasteiger partial charge in [-0.05, 0) is 46.6 Å². The van der Waals surface area contributed by atoms with Crippen molar-refractivity contribution in [2.75, 3.05) is 0 Å². The van der Waals surface area contributed by atoms with Crippen LogP contribution in [0.3, 0.4) is 0 Å². The summed E-state index contributed by atoms with van der Waals surface area (Å²) >= 11 is 3.43. The van der Waals surface area contributed by atoms with Crippen molar-refractivity contribution in [2.45, 2.75) is 13.5 Å². The number of nitrogens with one attached hydrogen (secondary N) is 1. The van der Waals surface area contributed by atoms with Gasteiger partial charge in [0.2, 0.25) is 0 Å². The highest BCUT2D eigenvalue weighted by atomic mass is 79.9. The van der Waals surface area contributed by atoms with Gasteiger partial charge in [-0.25, -0.2) is 4.98 Å². The van der Waals surface area contributed by atoms with Gasteiger partial charge in [-0.2, -0.15) is 0 Å². The monoisotopic (exact) mass is 388 g/mol. The molecule has 0 bridgehead atoms. The Bertz CT molecular complexity index is 934. The minimum absolute atomic E-state index is 0.0482. The maximum Gasteiger partial charge on any atom is 0.269 e. The maximum absolute atomic E-state index is 12.1. The van der Waals surface area contributed by atoms with Crippen LogP contribution >= 0.6 is 15.9 Å². The van der Waals surface area contributed by atoms with E-state index in [9.17, 15) is 14.9 Å². The van der Waals surface area contributed by atoms with E-state index in [2.05, 4.69) is 26.2 Å². The first-order valence-electron chi connectivity index (χ1n) is 7.10. The molecule has 0 radical (unpaired) electrons. The van der Waals surface area contributed by atoms with Crippen molar-refractivity contribution >= 4 is 33.2 Å². The van der Waals surface area contributed by atoms with E-state index in [4.69, 9.17) is 0 Å². The highest BCUT2D eigenvalue weighted by molar-refractivity contribution is 9.10. The summed E-state index contributed by atoms with van der Waals surface area (Å²) in [7, 11) is 0. The first-order chi connectivity index (χ1) is 11.4. The fourth-order valence-corrected chi connectivity index (χ4v) is 2.93. The quantitative estimate of drug-likeness (QED) is 0.548. The number of rotatable bonds is 4. The summed E-state index contributed by atoms with van der Waals surface area (Å²) in [6.07, 6.45) is 3.75. The fourth-order valence-electron chi connectivity index (χ4n) is 2.37. The van der Waals surface area contributed by atoms with Gasteiger partial charge in [0.05, 0.1) is 17.2 Å². The average Bonchev–Trinajstić information content (AvgIpc) is 2.96. The van der Waals surface area contributed by atoms with E-state index in [-0.39, 0.29) is 18.1 Å². The third-order valence-corrected chi connectivity index (χ3v) is 3.96. The van der Waals surface area contributed by atoms with Crippen LogP contribution in [0.15, 0.2) is 47.2 Å². The Kier molecular flexibility index (Phi) is 4.30. The lowest BCUT2D eigenvalue weighted by Gasteiger charge is -2.02. The second-order valence-corrected chi connectivity index (χ2v) is 6.21. The normalized spacial score (nSPS) is 10.8. The summed E-state index contributed by atoms with van der Waals surface area (Å²) in [5, 5.41) is 13.4. The van der Waals surface area contributed by atoms with Crippen molar-refractivity contribution in [1.29, 1.82) is 0 Å². The summed E-state index contributed by atoms with van der Waals surface area (Å²) in [5.41, 5.74) is 2.90. The number of nitro groups is 1. The second kappa shape index (κ2) is 6.40. The standard InChI is InChI=1S/C16H13BrN4O3/c1-10-6-12(17)8-20-9-13(19-15(10)20)7-18-16(22)11-2-4-14(5-3-11)21(23)24/h2-6,8-9H,7H2,1H3,(H,18,22). The van der Waals surface area contributed by atoms with E-state index >= 15 is 0 Å². The first-order valence-corrected chi connectivity index (χ1v) is 7.90. The van der Waals surface area contributed by atoms with Crippen LogP contribution in [0, 0.1) is 17.0 Å². The van der Waals surface area contributed by atoms with Crippen LogP contribution in [-0.4, -0.2) is 20.2 Å². The Morgan fingerprint density at radius 2 is 2.04 bits per heavy atom. The van der Waals surface area contributed by atoms with Crippen LogP contribution in [0.1, 0.15) is 21.6 Å². The number of non-ortho nitro benzene ring substituents is 1. The lowest BCUT2D eigenvalue weighted by atomic mass is 10.2. The summed E-state index contributed by atoms with van der Waals surface area (Å²) < 4.78 is 2.85. The lowest BCUT2D eigenvalue weighted by Crippen LogP contribution is -2.22. The van der Waals surface area contributed by atoms with Crippen LogP contribution in [0.2, 0.25) is 0 Å². The molecule has 0 saturated heterocycles. The number of fused-ring (bicyclic) bond motifs is 1. The zero-order valence-electron chi connectivity index (χ0n) is 12.7. The molecule has 7 nitrogen and oxygen atoms in total. The van der Waals surface area contributed by atoms with Gasteiger partial charge in [0.15, 0.2) is 0 Å². The van der Waals surface area contributed by atoms with E-state index in [1.807, 2.05) is 29.8 Å². The molecule has 122 valence electrons. The molecule has 0 saturated carbocycles. The number of pyridine rings is 1. The molecule has 0 aliphatic heterocycles. The van der Waals surface area contributed by atoms with Crippen molar-refractivity contribution in [3.8, 4) is 0 Å². The van der Waals surface area contributed by atoms with E-state index in [0.29, 0.717) is 5.56 Å². The predicted octanol–water partition coefficient (Wildman–Crippen LogP) is 3.24. The number of benzene rings is 1. The smallest absolute Gasteiger partial charge is 0.269 e. The van der Waals surface area contributed by atoms with E-state index in [1.54, 1.807) is 0 Å². The maximum atomic E-state index is 12.1. The molecule has 2 heterocycles. The third kappa shape index (κ3) is 3.28. The van der Waals surface area contributed by atoms with Gasteiger partial charge in [-0.3, -0.25) is 14.9 Å². The van der Waals surface area contributed by atoms with Crippen LogP contribution in [0.4, 0.5) is 5.69 Å². The lowest BCUT2D eigenvalue weighted by molar-refractivity contribution is -0.384. The minimum atomic E-state index is -0.501. The highest BCUT2D eigenvalue weighted by Gasteiger charge is 2.11. The van der Waals surface area contributed by atoms with E-state index in [0.717, 1.165) is 21.4 Å². The van der Waals surface area contributed by atoms with Gasteiger partial charge in [0, 0.05) is 34.6 Å². The molecule has 1 N–H and O–H groups in total. The Morgan fingerprint density at radius 3 is 2.71 bits per heavy atom. The average molecular weight is 389 g/mol. The molecule has 0 aliphatic rings. The first kappa shape index (κ1) is 16.1. The van der Waals surface area contributed by atoms with Gasteiger partial charge in [-0.1, -0.05) is 0 Å². The molecule has 1 amide bonds. The number of halogens is 1. The molecule has 0 spiro atoms. The van der Waals surface area contributed by atoms with Gasteiger partial charge in [0.25, 0.3) is 11.6 Å². The van der Waals surface area contributed by atoms with Crippen molar-refractivity contribution in [3.63, 3.8) is 0 Å². The second-order valence-electron chi connectivity index (χ2n) is 5.29. The Labute approximate surface area is 145 Å². The molecule has 3 aromatic rings. The number of hydrogen-bond donors (Lipinski definition) is 1. The Hall–Kier alpha value is -2.74. The van der Waals surface area contributed by atoms with Crippen molar-refractivity contribution in [3.05, 3.63) is 74.1 Å². The van der Waals surface area contributed by atoms with Gasteiger partial charge < -0.3 is 9.72 Å². The summed E-state index contributed by atoms with van der Waals surface area (Å²) in [4.78, 5) is 26.7. The third-order valence-electron chi connectivity index (χ3n) is 3.52. The zero-order valence-corrected chi connectivity index (χ0v) is 14.3. The number of imidazole rings is 1. The Balaban J connectivity index is 1.72. The van der Waals surface area contributed by atoms with Crippen molar-refractivity contribution in [1.82, 2.24) is 14.7 Å².